The monoisotopic (exact) mass is 228 g/mol. The summed E-state index contributed by atoms with van der Waals surface area (Å²) in [6.07, 6.45) is 0.453. The van der Waals surface area contributed by atoms with E-state index in [1.54, 1.807) is 0 Å². The van der Waals surface area contributed by atoms with Crippen LogP contribution in [0.5, 0.6) is 0 Å². The maximum Gasteiger partial charge on any atom is 0.171 e. The number of halogens is 2. The second-order valence-corrected chi connectivity index (χ2v) is 3.56. The lowest BCUT2D eigenvalue weighted by Crippen LogP contribution is -2.27. The molecule has 3 nitrogen and oxygen atoms in total. The normalized spacial score (nSPS) is 20.8. The molecule has 1 aliphatic heterocycles. The highest BCUT2D eigenvalue weighted by molar-refractivity contribution is 5.98. The Bertz CT molecular complexity index is 400. The summed E-state index contributed by atoms with van der Waals surface area (Å²) in [5.41, 5.74) is -0.226. The topological polar surface area (TPSA) is 35.5 Å². The fourth-order valence-corrected chi connectivity index (χ4v) is 1.58. The largest absolute Gasteiger partial charge is 0.294 e. The van der Waals surface area contributed by atoms with Crippen molar-refractivity contribution < 1.29 is 23.4 Å². The molecule has 1 saturated heterocycles. The molecule has 0 aliphatic carbocycles. The van der Waals surface area contributed by atoms with Gasteiger partial charge in [-0.2, -0.15) is 0 Å². The molecule has 16 heavy (non-hydrogen) atoms. The fourth-order valence-electron chi connectivity index (χ4n) is 1.58. The minimum Gasteiger partial charge on any atom is -0.294 e. The Hall–Kier alpha value is -1.33. The molecule has 1 aromatic carbocycles. The van der Waals surface area contributed by atoms with Gasteiger partial charge >= 0.3 is 0 Å². The predicted octanol–water partition coefficient (Wildman–Crippen LogP) is 2.12. The smallest absolute Gasteiger partial charge is 0.171 e. The van der Waals surface area contributed by atoms with Gasteiger partial charge in [0.2, 0.25) is 0 Å². The van der Waals surface area contributed by atoms with Crippen molar-refractivity contribution in [2.75, 3.05) is 13.2 Å². The molecular formula is C11H10F2O3. The van der Waals surface area contributed by atoms with Crippen LogP contribution >= 0.6 is 0 Å². The highest BCUT2D eigenvalue weighted by Crippen LogP contribution is 2.20. The van der Waals surface area contributed by atoms with Crippen LogP contribution in [0.4, 0.5) is 8.78 Å². The average molecular weight is 228 g/mol. The van der Waals surface area contributed by atoms with Crippen LogP contribution in [-0.2, 0) is 9.78 Å². The highest BCUT2D eigenvalue weighted by Gasteiger charge is 2.26. The van der Waals surface area contributed by atoms with E-state index < -0.39 is 23.3 Å². The van der Waals surface area contributed by atoms with E-state index >= 15 is 0 Å². The molecule has 0 radical (unpaired) electrons. The van der Waals surface area contributed by atoms with Gasteiger partial charge in [-0.3, -0.25) is 4.79 Å². The molecule has 1 aliphatic rings. The SMILES string of the molecule is O=C(c1cccc(F)c1F)C1CCOOC1. The van der Waals surface area contributed by atoms with Gasteiger partial charge in [0.25, 0.3) is 0 Å². The van der Waals surface area contributed by atoms with Crippen molar-refractivity contribution in [1.29, 1.82) is 0 Å². The van der Waals surface area contributed by atoms with E-state index in [0.29, 0.717) is 6.42 Å². The van der Waals surface area contributed by atoms with Crippen LogP contribution in [-0.4, -0.2) is 19.0 Å². The summed E-state index contributed by atoms with van der Waals surface area (Å²) in [5.74, 6) is -3.02. The molecule has 0 amide bonds. The molecule has 1 fully saturated rings. The summed E-state index contributed by atoms with van der Waals surface area (Å²) in [6, 6.07) is 3.56. The minimum atomic E-state index is -1.10. The number of ketones is 1. The summed E-state index contributed by atoms with van der Waals surface area (Å²) in [4.78, 5) is 21.1. The highest BCUT2D eigenvalue weighted by atomic mass is 19.2. The third-order valence-corrected chi connectivity index (χ3v) is 2.49. The van der Waals surface area contributed by atoms with Crippen LogP contribution in [0.3, 0.4) is 0 Å². The van der Waals surface area contributed by atoms with Gasteiger partial charge in [-0.1, -0.05) is 6.07 Å². The van der Waals surface area contributed by atoms with Crippen LogP contribution in [0.25, 0.3) is 0 Å². The maximum atomic E-state index is 13.3. The first-order chi connectivity index (χ1) is 7.70. The number of Topliss-reactive ketones (excluding diaryl/α,β-unsaturated/α-hetero) is 1. The van der Waals surface area contributed by atoms with Crippen molar-refractivity contribution in [3.05, 3.63) is 35.4 Å². The van der Waals surface area contributed by atoms with E-state index in [2.05, 4.69) is 9.78 Å². The molecule has 5 heteroatoms. The molecule has 86 valence electrons. The number of rotatable bonds is 2. The predicted molar refractivity (Wildman–Crippen MR) is 50.7 cm³/mol. The van der Waals surface area contributed by atoms with Crippen LogP contribution in [0.1, 0.15) is 16.8 Å². The van der Waals surface area contributed by atoms with Gasteiger partial charge in [-0.05, 0) is 18.6 Å². The number of carbonyl (C=O) groups excluding carboxylic acids is 1. The molecule has 1 unspecified atom stereocenters. The van der Waals surface area contributed by atoms with Crippen molar-refractivity contribution >= 4 is 5.78 Å². The molecule has 1 atom stereocenters. The Morgan fingerprint density at radius 1 is 1.31 bits per heavy atom. The molecule has 2 rings (SSSR count). The summed E-state index contributed by atoms with van der Waals surface area (Å²) in [5, 5.41) is 0. The van der Waals surface area contributed by atoms with Gasteiger partial charge in [0.1, 0.15) is 0 Å². The Kier molecular flexibility index (Phi) is 3.26. The lowest BCUT2D eigenvalue weighted by Gasteiger charge is -2.20. The van der Waals surface area contributed by atoms with E-state index in [1.807, 2.05) is 0 Å². The zero-order valence-electron chi connectivity index (χ0n) is 8.41. The minimum absolute atomic E-state index is 0.0782. The van der Waals surface area contributed by atoms with Crippen LogP contribution in [0, 0.1) is 17.6 Å². The van der Waals surface area contributed by atoms with E-state index in [-0.39, 0.29) is 18.8 Å². The summed E-state index contributed by atoms with van der Waals surface area (Å²) in [7, 11) is 0. The molecule has 1 aromatic rings. The van der Waals surface area contributed by atoms with Gasteiger partial charge < -0.3 is 0 Å². The van der Waals surface area contributed by atoms with Gasteiger partial charge in [0, 0.05) is 0 Å². The Morgan fingerprint density at radius 2 is 2.12 bits per heavy atom. The standard InChI is InChI=1S/C11H10F2O3/c12-9-3-1-2-8(10(9)13)11(14)7-4-5-15-16-6-7/h1-3,7H,4-6H2. The Balaban J connectivity index is 2.22. The Morgan fingerprint density at radius 3 is 2.81 bits per heavy atom. The molecule has 0 spiro atoms. The molecule has 0 bridgehead atoms. The van der Waals surface area contributed by atoms with E-state index in [0.717, 1.165) is 6.07 Å². The van der Waals surface area contributed by atoms with E-state index in [9.17, 15) is 13.6 Å². The second kappa shape index (κ2) is 4.67. The van der Waals surface area contributed by atoms with Gasteiger partial charge in [0.15, 0.2) is 17.4 Å². The van der Waals surface area contributed by atoms with Crippen molar-refractivity contribution in [2.24, 2.45) is 5.92 Å². The second-order valence-electron chi connectivity index (χ2n) is 3.56. The Labute approximate surface area is 90.9 Å². The zero-order valence-corrected chi connectivity index (χ0v) is 8.41. The first-order valence-corrected chi connectivity index (χ1v) is 4.93. The van der Waals surface area contributed by atoms with Gasteiger partial charge in [0.05, 0.1) is 24.7 Å². The van der Waals surface area contributed by atoms with E-state index in [4.69, 9.17) is 0 Å². The molecule has 0 aromatic heterocycles. The van der Waals surface area contributed by atoms with E-state index in [1.165, 1.54) is 12.1 Å². The van der Waals surface area contributed by atoms with Gasteiger partial charge in [-0.25, -0.2) is 18.6 Å². The number of hydrogen-bond donors (Lipinski definition) is 0. The molecular weight excluding hydrogens is 218 g/mol. The zero-order chi connectivity index (χ0) is 11.5. The third kappa shape index (κ3) is 2.10. The van der Waals surface area contributed by atoms with Crippen molar-refractivity contribution in [2.45, 2.75) is 6.42 Å². The first kappa shape index (κ1) is 11.2. The fraction of sp³-hybridized carbons (Fsp3) is 0.364. The number of benzene rings is 1. The van der Waals surface area contributed by atoms with Crippen molar-refractivity contribution in [3.63, 3.8) is 0 Å². The lowest BCUT2D eigenvalue weighted by molar-refractivity contribution is -0.319. The number of carbonyl (C=O) groups is 1. The molecule has 0 saturated carbocycles. The van der Waals surface area contributed by atoms with Crippen molar-refractivity contribution in [1.82, 2.24) is 0 Å². The average Bonchev–Trinajstić information content (AvgIpc) is 2.33. The summed E-state index contributed by atoms with van der Waals surface area (Å²) >= 11 is 0. The maximum absolute atomic E-state index is 13.3. The summed E-state index contributed by atoms with van der Waals surface area (Å²) < 4.78 is 26.3. The van der Waals surface area contributed by atoms with Crippen LogP contribution < -0.4 is 0 Å². The van der Waals surface area contributed by atoms with Crippen LogP contribution in [0.2, 0.25) is 0 Å². The third-order valence-electron chi connectivity index (χ3n) is 2.49. The number of hydrogen-bond acceptors (Lipinski definition) is 3. The summed E-state index contributed by atoms with van der Waals surface area (Å²) in [6.45, 7) is 0.363. The van der Waals surface area contributed by atoms with Crippen molar-refractivity contribution in [3.8, 4) is 0 Å². The molecule has 1 heterocycles. The van der Waals surface area contributed by atoms with Crippen LogP contribution in [0.15, 0.2) is 18.2 Å². The molecule has 0 N–H and O–H groups in total. The van der Waals surface area contributed by atoms with Gasteiger partial charge in [-0.15, -0.1) is 0 Å². The first-order valence-electron chi connectivity index (χ1n) is 4.93. The quantitative estimate of drug-likeness (QED) is 0.574. The lowest BCUT2D eigenvalue weighted by atomic mass is 9.95.